The Morgan fingerprint density at radius 1 is 1.03 bits per heavy atom. The molecule has 3 aromatic rings. The first-order chi connectivity index (χ1) is 14.7. The Hall–Kier alpha value is -1.70. The van der Waals surface area contributed by atoms with Gasteiger partial charge in [0.1, 0.15) is 5.82 Å². The molecule has 0 bridgehead atoms. The highest BCUT2D eigenvalue weighted by atomic mass is 35.5. The molecule has 2 atom stereocenters. The summed E-state index contributed by atoms with van der Waals surface area (Å²) in [5, 5.41) is 12.9. The van der Waals surface area contributed by atoms with Gasteiger partial charge in [0.25, 0.3) is 0 Å². The van der Waals surface area contributed by atoms with Gasteiger partial charge in [-0.05, 0) is 24.6 Å². The monoisotopic (exact) mass is 442 g/mol. The lowest BCUT2D eigenvalue weighted by Gasteiger charge is -2.45. The molecule has 4 heterocycles. The Bertz CT molecular complexity index is 989. The molecule has 0 spiro atoms. The van der Waals surface area contributed by atoms with E-state index in [1.165, 1.54) is 9.58 Å². The minimum Gasteiger partial charge on any atom is -0.390 e. The summed E-state index contributed by atoms with van der Waals surface area (Å²) < 4.78 is 1.23. The Kier molecular flexibility index (Phi) is 5.94. The Morgan fingerprint density at radius 3 is 2.57 bits per heavy atom. The standard InChI is InChI=1S/C23H27ClN4OS/c24-23-17-5-1-2-6-20(17)30-21(23)16-26-10-8-18(19(29)15-26)27-11-13-28(14-12-27)22-7-3-4-9-25-22/h1-7,9,18-19,29H,8,10-16H2/t18-,19-/m1/s1. The molecule has 2 aromatic heterocycles. The molecule has 0 aliphatic carbocycles. The van der Waals surface area contributed by atoms with Gasteiger partial charge in [-0.15, -0.1) is 11.3 Å². The van der Waals surface area contributed by atoms with Crippen molar-refractivity contribution in [2.45, 2.75) is 25.1 Å². The second-order valence-electron chi connectivity index (χ2n) is 8.20. The molecule has 0 radical (unpaired) electrons. The summed E-state index contributed by atoms with van der Waals surface area (Å²) >= 11 is 8.40. The SMILES string of the molecule is O[C@@H]1CN(Cc2sc3ccccc3c2Cl)CC[C@H]1N1CCN(c2ccccn2)CC1. The number of hydrogen-bond acceptors (Lipinski definition) is 6. The molecule has 0 unspecified atom stereocenters. The van der Waals surface area contributed by atoms with Crippen LogP contribution in [0.2, 0.25) is 5.02 Å². The van der Waals surface area contributed by atoms with Gasteiger partial charge in [0.05, 0.1) is 11.1 Å². The van der Waals surface area contributed by atoms with Crippen LogP contribution in [0.25, 0.3) is 10.1 Å². The van der Waals surface area contributed by atoms with Gasteiger partial charge in [-0.25, -0.2) is 4.98 Å². The first-order valence-corrected chi connectivity index (χ1v) is 11.8. The second-order valence-corrected chi connectivity index (χ2v) is 9.72. The van der Waals surface area contributed by atoms with Gasteiger partial charge in [0.15, 0.2) is 0 Å². The lowest BCUT2D eigenvalue weighted by atomic mass is 9.99. The second kappa shape index (κ2) is 8.81. The van der Waals surface area contributed by atoms with Crippen molar-refractivity contribution in [1.82, 2.24) is 14.8 Å². The number of hydrogen-bond donors (Lipinski definition) is 1. The summed E-state index contributed by atoms with van der Waals surface area (Å²) in [4.78, 5) is 12.8. The average molecular weight is 443 g/mol. The van der Waals surface area contributed by atoms with Crippen LogP contribution in [0, 0.1) is 0 Å². The van der Waals surface area contributed by atoms with Gasteiger partial charge < -0.3 is 10.0 Å². The number of piperazine rings is 1. The number of aromatic nitrogens is 1. The largest absolute Gasteiger partial charge is 0.390 e. The van der Waals surface area contributed by atoms with Crippen molar-refractivity contribution in [3.63, 3.8) is 0 Å². The first-order valence-electron chi connectivity index (χ1n) is 10.7. The van der Waals surface area contributed by atoms with Gasteiger partial charge >= 0.3 is 0 Å². The zero-order valence-corrected chi connectivity index (χ0v) is 18.5. The third kappa shape index (κ3) is 4.07. The van der Waals surface area contributed by atoms with E-state index in [0.29, 0.717) is 6.54 Å². The summed E-state index contributed by atoms with van der Waals surface area (Å²) in [5.74, 6) is 1.05. The lowest BCUT2D eigenvalue weighted by molar-refractivity contribution is -0.0169. The molecule has 30 heavy (non-hydrogen) atoms. The smallest absolute Gasteiger partial charge is 0.128 e. The zero-order valence-electron chi connectivity index (χ0n) is 17.0. The van der Waals surface area contributed by atoms with Crippen LogP contribution < -0.4 is 4.90 Å². The van der Waals surface area contributed by atoms with Crippen molar-refractivity contribution in [1.29, 1.82) is 0 Å². The van der Waals surface area contributed by atoms with Gasteiger partial charge in [-0.1, -0.05) is 35.9 Å². The van der Waals surface area contributed by atoms with E-state index in [1.54, 1.807) is 11.3 Å². The fourth-order valence-corrected chi connectivity index (χ4v) is 6.28. The fraction of sp³-hybridized carbons (Fsp3) is 0.435. The van der Waals surface area contributed by atoms with Crippen molar-refractivity contribution < 1.29 is 5.11 Å². The number of β-amino-alcohol motifs (C(OH)–C–C–N with tert-alkyl or cyclic N) is 1. The number of fused-ring (bicyclic) bond motifs is 1. The lowest BCUT2D eigenvalue weighted by Crippen LogP contribution is -2.58. The van der Waals surface area contributed by atoms with Crippen LogP contribution in [-0.2, 0) is 6.54 Å². The maximum atomic E-state index is 10.9. The highest BCUT2D eigenvalue weighted by Crippen LogP contribution is 2.36. The number of nitrogens with zero attached hydrogens (tertiary/aromatic N) is 4. The number of benzene rings is 1. The molecule has 7 heteroatoms. The maximum Gasteiger partial charge on any atom is 0.128 e. The summed E-state index contributed by atoms with van der Waals surface area (Å²) in [5.41, 5.74) is 0. The summed E-state index contributed by atoms with van der Waals surface area (Å²) in [6.45, 7) is 6.38. The summed E-state index contributed by atoms with van der Waals surface area (Å²) in [7, 11) is 0. The van der Waals surface area contributed by atoms with Crippen LogP contribution in [0.1, 0.15) is 11.3 Å². The van der Waals surface area contributed by atoms with Crippen molar-refractivity contribution in [3.8, 4) is 0 Å². The molecule has 1 aromatic carbocycles. The van der Waals surface area contributed by atoms with E-state index in [-0.39, 0.29) is 12.1 Å². The number of piperidine rings is 1. The van der Waals surface area contributed by atoms with Crippen LogP contribution in [0.5, 0.6) is 0 Å². The molecule has 158 valence electrons. The number of thiophene rings is 1. The quantitative estimate of drug-likeness (QED) is 0.667. The van der Waals surface area contributed by atoms with Crippen molar-refractivity contribution >= 4 is 38.8 Å². The molecular weight excluding hydrogens is 416 g/mol. The third-order valence-electron chi connectivity index (χ3n) is 6.36. The first kappa shape index (κ1) is 20.2. The molecule has 2 aliphatic rings. The Morgan fingerprint density at radius 2 is 1.83 bits per heavy atom. The molecule has 0 saturated carbocycles. The highest BCUT2D eigenvalue weighted by Gasteiger charge is 2.34. The molecule has 2 fully saturated rings. The predicted molar refractivity (Wildman–Crippen MR) is 125 cm³/mol. The van der Waals surface area contributed by atoms with Crippen molar-refractivity contribution in [3.05, 3.63) is 58.6 Å². The van der Waals surface area contributed by atoms with Crippen LogP contribution in [0.3, 0.4) is 0 Å². The highest BCUT2D eigenvalue weighted by molar-refractivity contribution is 7.19. The van der Waals surface area contributed by atoms with E-state index < -0.39 is 0 Å². The summed E-state index contributed by atoms with van der Waals surface area (Å²) in [6, 6.07) is 14.6. The van der Waals surface area contributed by atoms with E-state index in [9.17, 15) is 5.11 Å². The van der Waals surface area contributed by atoms with E-state index in [1.807, 2.05) is 24.4 Å². The number of halogens is 1. The number of likely N-dealkylation sites (tertiary alicyclic amines) is 1. The van der Waals surface area contributed by atoms with Crippen LogP contribution in [0.4, 0.5) is 5.82 Å². The predicted octanol–water partition coefficient (Wildman–Crippen LogP) is 3.71. The normalized spacial score (nSPS) is 23.9. The topological polar surface area (TPSA) is 42.8 Å². The van der Waals surface area contributed by atoms with Crippen LogP contribution >= 0.6 is 22.9 Å². The van der Waals surface area contributed by atoms with Gasteiger partial charge in [0, 0.05) is 73.0 Å². The Balaban J connectivity index is 1.17. The number of anilines is 1. The van der Waals surface area contributed by atoms with Gasteiger partial charge in [-0.2, -0.15) is 0 Å². The molecule has 5 rings (SSSR count). The van der Waals surface area contributed by atoms with Crippen LogP contribution in [-0.4, -0.2) is 71.3 Å². The van der Waals surface area contributed by atoms with E-state index in [4.69, 9.17) is 11.6 Å². The number of aliphatic hydroxyl groups excluding tert-OH is 1. The van der Waals surface area contributed by atoms with E-state index >= 15 is 0 Å². The molecule has 2 aliphatic heterocycles. The number of aliphatic hydroxyl groups is 1. The fourth-order valence-electron chi connectivity index (χ4n) is 4.75. The van der Waals surface area contributed by atoms with Crippen molar-refractivity contribution in [2.24, 2.45) is 0 Å². The maximum absolute atomic E-state index is 10.9. The zero-order chi connectivity index (χ0) is 20.5. The van der Waals surface area contributed by atoms with Crippen molar-refractivity contribution in [2.75, 3.05) is 44.2 Å². The minimum absolute atomic E-state index is 0.241. The van der Waals surface area contributed by atoms with Gasteiger partial charge in [-0.3, -0.25) is 9.80 Å². The third-order valence-corrected chi connectivity index (χ3v) is 8.06. The molecule has 1 N–H and O–H groups in total. The molecule has 5 nitrogen and oxygen atoms in total. The average Bonchev–Trinajstić information content (AvgIpc) is 3.10. The summed E-state index contributed by atoms with van der Waals surface area (Å²) in [6.07, 6.45) is 2.52. The minimum atomic E-state index is -0.326. The molecule has 0 amide bonds. The van der Waals surface area contributed by atoms with Crippen LogP contribution in [0.15, 0.2) is 48.7 Å². The van der Waals surface area contributed by atoms with E-state index in [2.05, 4.69) is 43.9 Å². The van der Waals surface area contributed by atoms with E-state index in [0.717, 1.165) is 61.9 Å². The number of pyridine rings is 1. The Labute approximate surface area is 186 Å². The number of rotatable bonds is 4. The molecule has 2 saturated heterocycles. The molecular formula is C23H27ClN4OS. The van der Waals surface area contributed by atoms with Gasteiger partial charge in [0.2, 0.25) is 0 Å².